The van der Waals surface area contributed by atoms with Crippen LogP contribution >= 0.6 is 0 Å². The average Bonchev–Trinajstić information content (AvgIpc) is 2.80. The molecule has 0 bridgehead atoms. The quantitative estimate of drug-likeness (QED) is 0.613. The van der Waals surface area contributed by atoms with Crippen LogP contribution in [0.2, 0.25) is 0 Å². The minimum absolute atomic E-state index is 0.343. The molecule has 2 rings (SSSR count). The van der Waals surface area contributed by atoms with E-state index in [1.165, 1.54) is 12.8 Å². The number of hydrogen-bond acceptors (Lipinski definition) is 2. The predicted octanol–water partition coefficient (Wildman–Crippen LogP) is 0.359. The Balaban J connectivity index is 2.06. The number of carbonyl (C=O) groups is 1. The van der Waals surface area contributed by atoms with Gasteiger partial charge >= 0.3 is 0 Å². The van der Waals surface area contributed by atoms with Crippen LogP contribution in [-0.4, -0.2) is 36.0 Å². The summed E-state index contributed by atoms with van der Waals surface area (Å²) in [5.41, 5.74) is 0. The lowest BCUT2D eigenvalue weighted by atomic mass is 10.2. The molecular formula is C9H16N2O. The molecule has 0 aromatic carbocycles. The van der Waals surface area contributed by atoms with Crippen LogP contribution in [0.25, 0.3) is 0 Å². The molecule has 1 unspecified atom stereocenters. The van der Waals surface area contributed by atoms with E-state index in [0.717, 1.165) is 13.1 Å². The summed E-state index contributed by atoms with van der Waals surface area (Å²) >= 11 is 0. The van der Waals surface area contributed by atoms with Crippen molar-refractivity contribution in [1.82, 2.24) is 10.2 Å². The molecule has 0 radical (unpaired) electrons. The third-order valence-corrected chi connectivity index (χ3v) is 2.66. The van der Waals surface area contributed by atoms with E-state index in [4.69, 9.17) is 0 Å². The van der Waals surface area contributed by atoms with Gasteiger partial charge in [-0.15, -0.1) is 0 Å². The second-order valence-corrected chi connectivity index (χ2v) is 3.84. The van der Waals surface area contributed by atoms with E-state index in [-0.39, 0.29) is 0 Å². The van der Waals surface area contributed by atoms with Crippen molar-refractivity contribution in [1.29, 1.82) is 0 Å². The van der Waals surface area contributed by atoms with Crippen molar-refractivity contribution in [3.8, 4) is 0 Å². The first kappa shape index (κ1) is 8.05. The first-order valence-electron chi connectivity index (χ1n) is 4.81. The molecule has 0 spiro atoms. The van der Waals surface area contributed by atoms with Gasteiger partial charge < -0.3 is 10.2 Å². The lowest BCUT2D eigenvalue weighted by molar-refractivity contribution is -0.132. The predicted molar refractivity (Wildman–Crippen MR) is 46.8 cm³/mol. The first-order valence-corrected chi connectivity index (χ1v) is 4.81. The Morgan fingerprint density at radius 3 is 2.92 bits per heavy atom. The van der Waals surface area contributed by atoms with Crippen LogP contribution in [0.5, 0.6) is 0 Å². The summed E-state index contributed by atoms with van der Waals surface area (Å²) in [6.07, 6.45) is 3.12. The normalized spacial score (nSPS) is 31.9. The Hall–Kier alpha value is -0.570. The third-order valence-electron chi connectivity index (χ3n) is 2.66. The summed E-state index contributed by atoms with van der Waals surface area (Å²) in [5.74, 6) is 0.343. The summed E-state index contributed by atoms with van der Waals surface area (Å²) in [7, 11) is 0. The minimum atomic E-state index is 0.343. The molecule has 1 aliphatic carbocycles. The van der Waals surface area contributed by atoms with Crippen LogP contribution in [0.4, 0.5) is 0 Å². The van der Waals surface area contributed by atoms with Gasteiger partial charge in [0.05, 0.1) is 0 Å². The highest BCUT2D eigenvalue weighted by atomic mass is 16.2. The third kappa shape index (κ3) is 1.46. The summed E-state index contributed by atoms with van der Waals surface area (Å²) < 4.78 is 0. The van der Waals surface area contributed by atoms with E-state index < -0.39 is 0 Å². The average molecular weight is 168 g/mol. The minimum Gasteiger partial charge on any atom is -0.336 e. The largest absolute Gasteiger partial charge is 0.336 e. The molecule has 1 aliphatic heterocycles. The Bertz CT molecular complexity index is 189. The molecule has 0 aromatic rings. The van der Waals surface area contributed by atoms with Gasteiger partial charge in [-0.2, -0.15) is 0 Å². The summed E-state index contributed by atoms with van der Waals surface area (Å²) in [6.45, 7) is 3.95. The standard InChI is InChI=1S/C9H16N2O/c1-7-6-10-5-4-9(12)11(7)8-2-3-8/h7-8,10H,2-6H2,1H3. The summed E-state index contributed by atoms with van der Waals surface area (Å²) in [4.78, 5) is 13.7. The molecule has 1 saturated carbocycles. The van der Waals surface area contributed by atoms with Crippen LogP contribution < -0.4 is 5.32 Å². The number of nitrogens with one attached hydrogen (secondary N) is 1. The van der Waals surface area contributed by atoms with Crippen molar-refractivity contribution in [2.45, 2.75) is 38.3 Å². The maximum atomic E-state index is 11.6. The molecule has 1 atom stereocenters. The van der Waals surface area contributed by atoms with Crippen molar-refractivity contribution < 1.29 is 4.79 Å². The van der Waals surface area contributed by atoms with E-state index in [0.29, 0.717) is 24.4 Å². The Morgan fingerprint density at radius 1 is 1.50 bits per heavy atom. The zero-order valence-corrected chi connectivity index (χ0v) is 7.55. The summed E-state index contributed by atoms with van der Waals surface area (Å²) in [6, 6.07) is 0.972. The lowest BCUT2D eigenvalue weighted by Crippen LogP contribution is -2.41. The number of hydrogen-bond donors (Lipinski definition) is 1. The van der Waals surface area contributed by atoms with Crippen molar-refractivity contribution in [3.05, 3.63) is 0 Å². The monoisotopic (exact) mass is 168 g/mol. The SMILES string of the molecule is CC1CNCCC(=O)N1C1CC1. The first-order chi connectivity index (χ1) is 5.79. The van der Waals surface area contributed by atoms with Gasteiger partial charge in [-0.1, -0.05) is 0 Å². The van der Waals surface area contributed by atoms with Gasteiger partial charge in [0.1, 0.15) is 0 Å². The van der Waals surface area contributed by atoms with Gasteiger partial charge in [-0.3, -0.25) is 4.79 Å². The van der Waals surface area contributed by atoms with E-state index in [1.54, 1.807) is 0 Å². The molecular weight excluding hydrogens is 152 g/mol. The number of amides is 1. The van der Waals surface area contributed by atoms with Crippen molar-refractivity contribution >= 4 is 5.91 Å². The highest BCUT2D eigenvalue weighted by molar-refractivity contribution is 5.77. The molecule has 2 aliphatic rings. The molecule has 1 amide bonds. The molecule has 12 heavy (non-hydrogen) atoms. The zero-order valence-electron chi connectivity index (χ0n) is 7.55. The Morgan fingerprint density at radius 2 is 2.25 bits per heavy atom. The van der Waals surface area contributed by atoms with Crippen molar-refractivity contribution in [2.24, 2.45) is 0 Å². The van der Waals surface area contributed by atoms with Gasteiger partial charge in [-0.25, -0.2) is 0 Å². The molecule has 0 aromatic heterocycles. The molecule has 3 heteroatoms. The fourth-order valence-electron chi connectivity index (χ4n) is 1.90. The zero-order chi connectivity index (χ0) is 8.55. The van der Waals surface area contributed by atoms with E-state index in [1.807, 2.05) is 0 Å². The van der Waals surface area contributed by atoms with Crippen LogP contribution in [0.3, 0.4) is 0 Å². The van der Waals surface area contributed by atoms with Crippen LogP contribution in [0.1, 0.15) is 26.2 Å². The molecule has 68 valence electrons. The fraction of sp³-hybridized carbons (Fsp3) is 0.889. The maximum Gasteiger partial charge on any atom is 0.224 e. The van der Waals surface area contributed by atoms with Crippen molar-refractivity contribution in [2.75, 3.05) is 13.1 Å². The summed E-state index contributed by atoms with van der Waals surface area (Å²) in [5, 5.41) is 3.28. The Labute approximate surface area is 73.1 Å². The van der Waals surface area contributed by atoms with E-state index in [2.05, 4.69) is 17.1 Å². The number of rotatable bonds is 1. The molecule has 3 nitrogen and oxygen atoms in total. The Kier molecular flexibility index (Phi) is 2.05. The van der Waals surface area contributed by atoms with Crippen molar-refractivity contribution in [3.63, 3.8) is 0 Å². The van der Waals surface area contributed by atoms with Crippen LogP contribution in [0.15, 0.2) is 0 Å². The fourth-order valence-corrected chi connectivity index (χ4v) is 1.90. The second-order valence-electron chi connectivity index (χ2n) is 3.84. The van der Waals surface area contributed by atoms with E-state index >= 15 is 0 Å². The van der Waals surface area contributed by atoms with Gasteiger partial charge in [0, 0.05) is 31.6 Å². The lowest BCUT2D eigenvalue weighted by Gasteiger charge is -2.26. The van der Waals surface area contributed by atoms with Gasteiger partial charge in [0.15, 0.2) is 0 Å². The van der Waals surface area contributed by atoms with Crippen LogP contribution in [-0.2, 0) is 4.79 Å². The van der Waals surface area contributed by atoms with Gasteiger partial charge in [0.2, 0.25) is 5.91 Å². The second kappa shape index (κ2) is 3.05. The van der Waals surface area contributed by atoms with Gasteiger partial charge in [0.25, 0.3) is 0 Å². The highest BCUT2D eigenvalue weighted by Crippen LogP contribution is 2.29. The smallest absolute Gasteiger partial charge is 0.224 e. The number of nitrogens with zero attached hydrogens (tertiary/aromatic N) is 1. The number of carbonyl (C=O) groups excluding carboxylic acids is 1. The molecule has 1 heterocycles. The highest BCUT2D eigenvalue weighted by Gasteiger charge is 2.36. The van der Waals surface area contributed by atoms with Gasteiger partial charge in [-0.05, 0) is 19.8 Å². The topological polar surface area (TPSA) is 32.3 Å². The maximum absolute atomic E-state index is 11.6. The van der Waals surface area contributed by atoms with E-state index in [9.17, 15) is 4.79 Å². The van der Waals surface area contributed by atoms with Crippen LogP contribution in [0, 0.1) is 0 Å². The molecule has 1 saturated heterocycles. The molecule has 1 N–H and O–H groups in total. The molecule has 2 fully saturated rings.